The van der Waals surface area contributed by atoms with Gasteiger partial charge in [-0.15, -0.1) is 0 Å². The molecule has 0 radical (unpaired) electrons. The van der Waals surface area contributed by atoms with Crippen LogP contribution in [0.1, 0.15) is 44.7 Å². The van der Waals surface area contributed by atoms with Crippen molar-refractivity contribution in [3.63, 3.8) is 0 Å². The van der Waals surface area contributed by atoms with Gasteiger partial charge in [0.1, 0.15) is 23.0 Å². The third-order valence-corrected chi connectivity index (χ3v) is 6.28. The molecule has 2 aromatic carbocycles. The molecular formula is C28H23NO8. The van der Waals surface area contributed by atoms with Crippen LogP contribution < -0.4 is 14.2 Å². The second-order valence-electron chi connectivity index (χ2n) is 8.80. The topological polar surface area (TPSA) is 118 Å². The molecule has 1 fully saturated rings. The average molecular weight is 501 g/mol. The largest absolute Gasteiger partial charge is 0.456 e. The first-order valence-corrected chi connectivity index (χ1v) is 11.8. The van der Waals surface area contributed by atoms with Gasteiger partial charge in [0.15, 0.2) is 5.60 Å². The Hall–Kier alpha value is -4.53. The Balaban J connectivity index is 1.69. The molecule has 1 atom stereocenters. The normalized spacial score (nSPS) is 18.6. The average Bonchev–Trinajstić information content (AvgIpc) is 3.13. The summed E-state index contributed by atoms with van der Waals surface area (Å²) >= 11 is 0. The number of fused-ring (bicyclic) bond motifs is 6. The third-order valence-electron chi connectivity index (χ3n) is 6.28. The van der Waals surface area contributed by atoms with E-state index in [0.717, 1.165) is 0 Å². The van der Waals surface area contributed by atoms with Gasteiger partial charge in [-0.25, -0.2) is 4.99 Å². The summed E-state index contributed by atoms with van der Waals surface area (Å²) in [7, 11) is 0. The first kappa shape index (κ1) is 24.2. The summed E-state index contributed by atoms with van der Waals surface area (Å²) < 4.78 is 22.7. The number of hydrogen-bond acceptors (Lipinski definition) is 8. The number of nitrogens with zero attached hydrogens (tertiary/aromatic N) is 1. The van der Waals surface area contributed by atoms with Crippen LogP contribution in [0.5, 0.6) is 23.0 Å². The highest BCUT2D eigenvalue weighted by molar-refractivity contribution is 6.00. The maximum Gasteiger partial charge on any atom is 0.315 e. The quantitative estimate of drug-likeness (QED) is 0.345. The van der Waals surface area contributed by atoms with E-state index >= 15 is 0 Å². The Labute approximate surface area is 212 Å². The Morgan fingerprint density at radius 1 is 1.00 bits per heavy atom. The van der Waals surface area contributed by atoms with E-state index in [1.807, 2.05) is 6.92 Å². The molecule has 1 unspecified atom stereocenters. The van der Waals surface area contributed by atoms with Crippen molar-refractivity contribution in [1.29, 1.82) is 0 Å². The molecular weight excluding hydrogens is 478 g/mol. The first-order valence-electron chi connectivity index (χ1n) is 11.8. The molecule has 188 valence electrons. The van der Waals surface area contributed by atoms with Crippen molar-refractivity contribution < 1.29 is 38.1 Å². The molecule has 0 saturated carbocycles. The molecule has 9 heteroatoms. The molecule has 2 aliphatic heterocycles. The lowest BCUT2D eigenvalue weighted by Crippen LogP contribution is -2.33. The number of amides is 1. The van der Waals surface area contributed by atoms with Gasteiger partial charge in [0.05, 0.1) is 5.92 Å². The van der Waals surface area contributed by atoms with Crippen LogP contribution >= 0.6 is 0 Å². The summed E-state index contributed by atoms with van der Waals surface area (Å²) in [6.45, 7) is 4.45. The number of rotatable bonds is 4. The van der Waals surface area contributed by atoms with Gasteiger partial charge in [0.2, 0.25) is 0 Å². The van der Waals surface area contributed by atoms with Gasteiger partial charge < -0.3 is 18.9 Å². The fourth-order valence-corrected chi connectivity index (χ4v) is 4.87. The highest BCUT2D eigenvalue weighted by Crippen LogP contribution is 2.59. The van der Waals surface area contributed by atoms with Crippen LogP contribution in [0.2, 0.25) is 0 Å². The zero-order valence-electron chi connectivity index (χ0n) is 20.4. The fourth-order valence-electron chi connectivity index (χ4n) is 4.87. The number of carbonyl (C=O) groups is 4. The Morgan fingerprint density at radius 3 is 2.14 bits per heavy atom. The molecule has 3 aliphatic rings. The minimum Gasteiger partial charge on any atom is -0.456 e. The van der Waals surface area contributed by atoms with E-state index in [-0.39, 0.29) is 17.9 Å². The second-order valence-corrected chi connectivity index (χ2v) is 8.80. The van der Waals surface area contributed by atoms with Crippen LogP contribution in [0.25, 0.3) is 0 Å². The van der Waals surface area contributed by atoms with Crippen molar-refractivity contribution in [2.75, 3.05) is 0 Å². The van der Waals surface area contributed by atoms with E-state index in [4.69, 9.17) is 18.9 Å². The molecule has 9 nitrogen and oxygen atoms in total. The molecule has 1 saturated heterocycles. The van der Waals surface area contributed by atoms with E-state index in [2.05, 4.69) is 4.99 Å². The minimum absolute atomic E-state index is 0.148. The third kappa shape index (κ3) is 4.12. The van der Waals surface area contributed by atoms with E-state index in [1.54, 1.807) is 36.4 Å². The van der Waals surface area contributed by atoms with E-state index in [9.17, 15) is 19.2 Å². The van der Waals surface area contributed by atoms with Crippen molar-refractivity contribution in [3.05, 3.63) is 70.8 Å². The van der Waals surface area contributed by atoms with Crippen molar-refractivity contribution in [2.24, 2.45) is 10.9 Å². The summed E-state index contributed by atoms with van der Waals surface area (Å²) in [6, 6.07) is 9.63. The van der Waals surface area contributed by atoms with Gasteiger partial charge in [0.25, 0.3) is 5.91 Å². The highest BCUT2D eigenvalue weighted by atomic mass is 16.6. The molecule has 1 spiro atoms. The van der Waals surface area contributed by atoms with Gasteiger partial charge in [-0.3, -0.25) is 19.2 Å². The Bertz CT molecular complexity index is 1380. The number of allylic oxidation sites excluding steroid dienone is 2. The summed E-state index contributed by atoms with van der Waals surface area (Å²) in [6.07, 6.45) is 5.69. The first-order chi connectivity index (χ1) is 17.7. The SMILES string of the molecule is CCC=NC(=O)C1=CC=C2C(C1)C(=O)OC21c2ccc(OC(C)=O)cc2Oc2cc(OC(C)=O)ccc21. The Morgan fingerprint density at radius 2 is 1.59 bits per heavy atom. The zero-order valence-corrected chi connectivity index (χ0v) is 20.4. The van der Waals surface area contributed by atoms with Crippen LogP contribution in [0.3, 0.4) is 0 Å². The highest BCUT2D eigenvalue weighted by Gasteiger charge is 2.58. The van der Waals surface area contributed by atoms with Gasteiger partial charge in [0, 0.05) is 48.9 Å². The molecule has 0 aromatic heterocycles. The fraction of sp³-hybridized carbons (Fsp3) is 0.250. The standard InChI is InChI=1S/C28H23NO8/c1-4-11-29-26(32)17-5-8-21-20(12-17)27(33)37-28(21)22-9-6-18(34-15(2)30)13-24(22)36-25-14-19(35-16(3)31)7-10-23(25)28/h5-11,13-14,20H,4,12H2,1-3H3. The van der Waals surface area contributed by atoms with Gasteiger partial charge in [-0.1, -0.05) is 19.1 Å². The molecule has 2 aromatic rings. The summed E-state index contributed by atoms with van der Waals surface area (Å²) in [5.41, 5.74) is 0.761. The molecule has 5 rings (SSSR count). The minimum atomic E-state index is -1.36. The number of carbonyl (C=O) groups excluding carboxylic acids is 4. The van der Waals surface area contributed by atoms with Gasteiger partial charge in [-0.05, 0) is 42.7 Å². The van der Waals surface area contributed by atoms with Crippen LogP contribution in [0, 0.1) is 5.92 Å². The van der Waals surface area contributed by atoms with Crippen LogP contribution in [0.4, 0.5) is 0 Å². The van der Waals surface area contributed by atoms with E-state index in [1.165, 1.54) is 32.2 Å². The molecule has 1 amide bonds. The van der Waals surface area contributed by atoms with E-state index in [0.29, 0.717) is 40.2 Å². The number of ether oxygens (including phenoxy) is 4. The predicted octanol–water partition coefficient (Wildman–Crippen LogP) is 4.32. The maximum absolute atomic E-state index is 13.3. The van der Waals surface area contributed by atoms with Crippen LogP contribution in [-0.2, 0) is 29.5 Å². The summed E-state index contributed by atoms with van der Waals surface area (Å²) in [5, 5.41) is 0. The smallest absolute Gasteiger partial charge is 0.315 e. The lowest BCUT2D eigenvalue weighted by molar-refractivity contribution is -0.148. The van der Waals surface area contributed by atoms with Crippen molar-refractivity contribution in [3.8, 4) is 23.0 Å². The van der Waals surface area contributed by atoms with Crippen LogP contribution in [-0.4, -0.2) is 30.0 Å². The monoisotopic (exact) mass is 501 g/mol. The number of hydrogen-bond donors (Lipinski definition) is 0. The van der Waals surface area contributed by atoms with Gasteiger partial charge >= 0.3 is 17.9 Å². The molecule has 37 heavy (non-hydrogen) atoms. The van der Waals surface area contributed by atoms with Crippen molar-refractivity contribution in [2.45, 2.75) is 39.2 Å². The summed E-state index contributed by atoms with van der Waals surface area (Å²) in [5.74, 6) is -1.48. The summed E-state index contributed by atoms with van der Waals surface area (Å²) in [4.78, 5) is 52.8. The van der Waals surface area contributed by atoms with E-state index < -0.39 is 35.3 Å². The Kier molecular flexibility index (Phi) is 5.99. The number of benzene rings is 2. The lowest BCUT2D eigenvalue weighted by Gasteiger charge is -2.37. The maximum atomic E-state index is 13.3. The molecule has 1 aliphatic carbocycles. The molecule has 0 bridgehead atoms. The molecule has 0 N–H and O–H groups in total. The van der Waals surface area contributed by atoms with Crippen molar-refractivity contribution in [1.82, 2.24) is 0 Å². The van der Waals surface area contributed by atoms with Gasteiger partial charge in [-0.2, -0.15) is 0 Å². The zero-order chi connectivity index (χ0) is 26.3. The van der Waals surface area contributed by atoms with Crippen LogP contribution in [0.15, 0.2) is 64.7 Å². The molecule has 2 heterocycles. The van der Waals surface area contributed by atoms with Crippen molar-refractivity contribution >= 4 is 30.0 Å². The lowest BCUT2D eigenvalue weighted by atomic mass is 9.72. The number of aliphatic imine (C=N–C) groups is 1. The predicted molar refractivity (Wildman–Crippen MR) is 131 cm³/mol. The second kappa shape index (κ2) is 9.16. The number of esters is 3.